The van der Waals surface area contributed by atoms with Gasteiger partial charge in [-0.05, 0) is 35.2 Å². The van der Waals surface area contributed by atoms with Gasteiger partial charge in [0.25, 0.3) is 0 Å². The third-order valence-electron chi connectivity index (χ3n) is 3.07. The zero-order valence-corrected chi connectivity index (χ0v) is 9.77. The molecule has 2 aromatic carbocycles. The number of hydrogen-bond donors (Lipinski definition) is 0. The second-order valence-corrected chi connectivity index (χ2v) is 4.12. The predicted molar refractivity (Wildman–Crippen MR) is 67.4 cm³/mol. The predicted octanol–water partition coefficient (Wildman–Crippen LogP) is 3.64. The van der Waals surface area contributed by atoms with E-state index in [1.165, 1.54) is 11.1 Å². The van der Waals surface area contributed by atoms with Gasteiger partial charge in [-0.25, -0.2) is 0 Å². The maximum Gasteiger partial charge on any atom is 0.231 e. The summed E-state index contributed by atoms with van der Waals surface area (Å²) in [6, 6.07) is 14.7. The summed E-state index contributed by atoms with van der Waals surface area (Å²) in [5.74, 6) is 1.67. The zero-order chi connectivity index (χ0) is 11.7. The van der Waals surface area contributed by atoms with Crippen LogP contribution in [0.1, 0.15) is 12.5 Å². The Morgan fingerprint density at radius 3 is 2.35 bits per heavy atom. The van der Waals surface area contributed by atoms with E-state index in [1.54, 1.807) is 0 Å². The Kier molecular flexibility index (Phi) is 2.48. The molecular formula is C15H14O2. The molecule has 0 unspecified atom stereocenters. The lowest BCUT2D eigenvalue weighted by atomic mass is 10.0. The van der Waals surface area contributed by atoms with E-state index in [2.05, 4.69) is 37.3 Å². The molecule has 2 heteroatoms. The zero-order valence-electron chi connectivity index (χ0n) is 9.77. The number of rotatable bonds is 2. The van der Waals surface area contributed by atoms with Crippen molar-refractivity contribution in [2.75, 3.05) is 6.79 Å². The molecule has 0 aliphatic carbocycles. The molecule has 2 nitrogen and oxygen atoms in total. The molecule has 17 heavy (non-hydrogen) atoms. The summed E-state index contributed by atoms with van der Waals surface area (Å²) >= 11 is 0. The summed E-state index contributed by atoms with van der Waals surface area (Å²) in [5.41, 5.74) is 3.73. The summed E-state index contributed by atoms with van der Waals surface area (Å²) in [7, 11) is 0. The van der Waals surface area contributed by atoms with E-state index in [1.807, 2.05) is 12.1 Å². The van der Waals surface area contributed by atoms with Crippen LogP contribution in [0.3, 0.4) is 0 Å². The third-order valence-corrected chi connectivity index (χ3v) is 3.07. The van der Waals surface area contributed by atoms with Crippen molar-refractivity contribution in [3.8, 4) is 22.6 Å². The molecule has 1 aliphatic heterocycles. The van der Waals surface area contributed by atoms with Crippen molar-refractivity contribution in [2.24, 2.45) is 0 Å². The molecule has 3 rings (SSSR count). The van der Waals surface area contributed by atoms with Crippen molar-refractivity contribution in [1.82, 2.24) is 0 Å². The van der Waals surface area contributed by atoms with Gasteiger partial charge in [0, 0.05) is 0 Å². The van der Waals surface area contributed by atoms with Crippen LogP contribution in [0.5, 0.6) is 11.5 Å². The Balaban J connectivity index is 1.97. The van der Waals surface area contributed by atoms with E-state index in [0.717, 1.165) is 23.5 Å². The SMILES string of the molecule is CCc1ccc(-c2ccc3c(c2)OCO3)cc1. The first kappa shape index (κ1) is 10.2. The van der Waals surface area contributed by atoms with E-state index in [0.29, 0.717) is 6.79 Å². The first-order valence-corrected chi connectivity index (χ1v) is 5.86. The molecule has 0 saturated carbocycles. The minimum Gasteiger partial charge on any atom is -0.454 e. The number of ether oxygens (including phenoxy) is 2. The summed E-state index contributed by atoms with van der Waals surface area (Å²) in [4.78, 5) is 0. The monoisotopic (exact) mass is 226 g/mol. The van der Waals surface area contributed by atoms with E-state index in [4.69, 9.17) is 9.47 Å². The van der Waals surface area contributed by atoms with Gasteiger partial charge in [0.1, 0.15) is 0 Å². The van der Waals surface area contributed by atoms with Crippen molar-refractivity contribution < 1.29 is 9.47 Å². The molecule has 0 amide bonds. The fourth-order valence-electron chi connectivity index (χ4n) is 2.01. The normalized spacial score (nSPS) is 12.8. The van der Waals surface area contributed by atoms with Crippen molar-refractivity contribution >= 4 is 0 Å². The molecule has 0 saturated heterocycles. The Bertz CT molecular complexity index is 529. The van der Waals surface area contributed by atoms with Crippen LogP contribution in [0.2, 0.25) is 0 Å². The number of aryl methyl sites for hydroxylation is 1. The molecule has 1 heterocycles. The molecule has 0 radical (unpaired) electrons. The van der Waals surface area contributed by atoms with E-state index in [9.17, 15) is 0 Å². The average Bonchev–Trinajstić information content (AvgIpc) is 2.86. The van der Waals surface area contributed by atoms with Crippen molar-refractivity contribution in [2.45, 2.75) is 13.3 Å². The molecule has 86 valence electrons. The Hall–Kier alpha value is -1.96. The summed E-state index contributed by atoms with van der Waals surface area (Å²) < 4.78 is 10.7. The van der Waals surface area contributed by atoms with Crippen LogP contribution in [0, 0.1) is 0 Å². The standard InChI is InChI=1S/C15H14O2/c1-2-11-3-5-12(6-4-11)13-7-8-14-15(9-13)17-10-16-14/h3-9H,2,10H2,1H3. The Morgan fingerprint density at radius 1 is 0.882 bits per heavy atom. The van der Waals surface area contributed by atoms with Crippen LogP contribution < -0.4 is 9.47 Å². The lowest BCUT2D eigenvalue weighted by Crippen LogP contribution is -1.92. The van der Waals surface area contributed by atoms with Gasteiger partial charge in [-0.3, -0.25) is 0 Å². The van der Waals surface area contributed by atoms with Crippen LogP contribution in [0.4, 0.5) is 0 Å². The molecule has 0 spiro atoms. The number of fused-ring (bicyclic) bond motifs is 1. The maximum absolute atomic E-state index is 5.38. The van der Waals surface area contributed by atoms with Crippen LogP contribution in [-0.4, -0.2) is 6.79 Å². The second kappa shape index (κ2) is 4.13. The van der Waals surface area contributed by atoms with E-state index >= 15 is 0 Å². The Labute approximate surface area is 101 Å². The van der Waals surface area contributed by atoms with Gasteiger partial charge in [-0.1, -0.05) is 37.3 Å². The number of benzene rings is 2. The van der Waals surface area contributed by atoms with Gasteiger partial charge in [0.15, 0.2) is 11.5 Å². The van der Waals surface area contributed by atoms with E-state index < -0.39 is 0 Å². The maximum atomic E-state index is 5.38. The van der Waals surface area contributed by atoms with Gasteiger partial charge in [-0.2, -0.15) is 0 Å². The van der Waals surface area contributed by atoms with Crippen LogP contribution >= 0.6 is 0 Å². The highest BCUT2D eigenvalue weighted by molar-refractivity contribution is 5.67. The van der Waals surface area contributed by atoms with Gasteiger partial charge < -0.3 is 9.47 Å². The second-order valence-electron chi connectivity index (χ2n) is 4.12. The third kappa shape index (κ3) is 1.86. The van der Waals surface area contributed by atoms with Gasteiger partial charge >= 0.3 is 0 Å². The lowest BCUT2D eigenvalue weighted by Gasteiger charge is -2.04. The molecule has 2 aromatic rings. The molecule has 0 N–H and O–H groups in total. The molecule has 0 bridgehead atoms. The smallest absolute Gasteiger partial charge is 0.231 e. The molecule has 0 aromatic heterocycles. The van der Waals surface area contributed by atoms with Crippen LogP contribution in [-0.2, 0) is 6.42 Å². The number of hydrogen-bond acceptors (Lipinski definition) is 2. The quantitative estimate of drug-likeness (QED) is 0.778. The summed E-state index contributed by atoms with van der Waals surface area (Å²) in [6.45, 7) is 2.49. The van der Waals surface area contributed by atoms with Crippen molar-refractivity contribution in [3.63, 3.8) is 0 Å². The fraction of sp³-hybridized carbons (Fsp3) is 0.200. The molecule has 0 atom stereocenters. The first-order chi connectivity index (χ1) is 8.36. The highest BCUT2D eigenvalue weighted by atomic mass is 16.7. The highest BCUT2D eigenvalue weighted by Crippen LogP contribution is 2.35. The van der Waals surface area contributed by atoms with Crippen LogP contribution in [0.25, 0.3) is 11.1 Å². The minimum atomic E-state index is 0.327. The van der Waals surface area contributed by atoms with Crippen molar-refractivity contribution in [3.05, 3.63) is 48.0 Å². The van der Waals surface area contributed by atoms with Crippen LogP contribution in [0.15, 0.2) is 42.5 Å². The topological polar surface area (TPSA) is 18.5 Å². The molecular weight excluding hydrogens is 212 g/mol. The molecule has 0 fully saturated rings. The Morgan fingerprint density at radius 2 is 1.59 bits per heavy atom. The van der Waals surface area contributed by atoms with Gasteiger partial charge in [0.05, 0.1) is 0 Å². The lowest BCUT2D eigenvalue weighted by molar-refractivity contribution is 0.174. The molecule has 1 aliphatic rings. The van der Waals surface area contributed by atoms with E-state index in [-0.39, 0.29) is 0 Å². The largest absolute Gasteiger partial charge is 0.454 e. The fourth-order valence-corrected chi connectivity index (χ4v) is 2.01. The van der Waals surface area contributed by atoms with Gasteiger partial charge in [-0.15, -0.1) is 0 Å². The van der Waals surface area contributed by atoms with Gasteiger partial charge in [0.2, 0.25) is 6.79 Å². The highest BCUT2D eigenvalue weighted by Gasteiger charge is 2.13. The average molecular weight is 226 g/mol. The first-order valence-electron chi connectivity index (χ1n) is 5.86. The minimum absolute atomic E-state index is 0.327. The summed E-state index contributed by atoms with van der Waals surface area (Å²) in [6.07, 6.45) is 1.07. The summed E-state index contributed by atoms with van der Waals surface area (Å²) in [5, 5.41) is 0. The van der Waals surface area contributed by atoms with Crippen molar-refractivity contribution in [1.29, 1.82) is 0 Å².